The second-order valence-corrected chi connectivity index (χ2v) is 2.87. The molecule has 0 aromatic heterocycles. The second kappa shape index (κ2) is 6.16. The molecule has 1 aromatic rings. The van der Waals surface area contributed by atoms with E-state index in [0.717, 1.165) is 5.69 Å². The van der Waals surface area contributed by atoms with Crippen molar-refractivity contribution >= 4 is 11.7 Å². The van der Waals surface area contributed by atoms with Gasteiger partial charge in [0.25, 0.3) is 0 Å². The third kappa shape index (κ3) is 3.77. The second-order valence-electron chi connectivity index (χ2n) is 2.87. The molecule has 0 aliphatic rings. The first kappa shape index (κ1) is 11.7. The SMILES string of the molecule is COC(=O)C#CC#CN(C)c1ccccc1. The average Bonchev–Trinajstić information content (AvgIpc) is 2.35. The van der Waals surface area contributed by atoms with E-state index in [1.807, 2.05) is 37.4 Å². The van der Waals surface area contributed by atoms with Crippen LogP contribution < -0.4 is 4.90 Å². The zero-order valence-corrected chi connectivity index (χ0v) is 9.15. The highest BCUT2D eigenvalue weighted by Crippen LogP contribution is 2.08. The van der Waals surface area contributed by atoms with E-state index in [-0.39, 0.29) is 0 Å². The topological polar surface area (TPSA) is 29.5 Å². The summed E-state index contributed by atoms with van der Waals surface area (Å²) < 4.78 is 4.35. The van der Waals surface area contributed by atoms with Crippen LogP contribution in [-0.4, -0.2) is 20.1 Å². The van der Waals surface area contributed by atoms with Gasteiger partial charge in [-0.2, -0.15) is 0 Å². The molecule has 0 saturated heterocycles. The number of carbonyl (C=O) groups excluding carboxylic acids is 1. The standard InChI is InChI=1S/C13H11NO2/c1-14(12-8-4-3-5-9-12)11-7-6-10-13(15)16-2/h3-5,8-9H,1-2H3. The highest BCUT2D eigenvalue weighted by molar-refractivity contribution is 5.88. The lowest BCUT2D eigenvalue weighted by Gasteiger charge is -2.09. The van der Waals surface area contributed by atoms with Crippen LogP contribution in [0, 0.1) is 23.8 Å². The van der Waals surface area contributed by atoms with Crippen LogP contribution in [-0.2, 0) is 9.53 Å². The smallest absolute Gasteiger partial charge is 0.385 e. The minimum atomic E-state index is -0.586. The van der Waals surface area contributed by atoms with E-state index < -0.39 is 5.97 Å². The minimum absolute atomic E-state index is 0.586. The molecular weight excluding hydrogens is 202 g/mol. The van der Waals surface area contributed by atoms with Gasteiger partial charge in [-0.25, -0.2) is 4.79 Å². The van der Waals surface area contributed by atoms with E-state index in [4.69, 9.17) is 0 Å². The molecule has 1 rings (SSSR count). The van der Waals surface area contributed by atoms with Crippen molar-refractivity contribution in [3.05, 3.63) is 30.3 Å². The van der Waals surface area contributed by atoms with E-state index >= 15 is 0 Å². The Labute approximate surface area is 95.0 Å². The number of para-hydroxylation sites is 1. The van der Waals surface area contributed by atoms with Crippen LogP contribution in [0.15, 0.2) is 30.3 Å². The van der Waals surface area contributed by atoms with Gasteiger partial charge in [-0.3, -0.25) is 0 Å². The van der Waals surface area contributed by atoms with Gasteiger partial charge < -0.3 is 9.64 Å². The molecule has 0 bridgehead atoms. The first-order valence-electron chi connectivity index (χ1n) is 4.62. The summed E-state index contributed by atoms with van der Waals surface area (Å²) in [5.41, 5.74) is 0.967. The summed E-state index contributed by atoms with van der Waals surface area (Å²) in [4.78, 5) is 12.4. The molecule has 16 heavy (non-hydrogen) atoms. The molecule has 0 atom stereocenters. The molecule has 0 unspecified atom stereocenters. The highest BCUT2D eigenvalue weighted by atomic mass is 16.5. The van der Waals surface area contributed by atoms with Gasteiger partial charge in [-0.05, 0) is 18.1 Å². The summed E-state index contributed by atoms with van der Waals surface area (Å²) >= 11 is 0. The van der Waals surface area contributed by atoms with E-state index in [0.29, 0.717) is 0 Å². The fraction of sp³-hybridized carbons (Fsp3) is 0.154. The fourth-order valence-electron chi connectivity index (χ4n) is 0.961. The predicted octanol–water partition coefficient (Wildman–Crippen LogP) is 1.26. The number of hydrogen-bond donors (Lipinski definition) is 0. The van der Waals surface area contributed by atoms with Crippen molar-refractivity contribution in [2.45, 2.75) is 0 Å². The quantitative estimate of drug-likeness (QED) is 0.304. The number of hydrogen-bond acceptors (Lipinski definition) is 3. The van der Waals surface area contributed by atoms with Crippen LogP contribution in [0.3, 0.4) is 0 Å². The number of nitrogens with zero attached hydrogens (tertiary/aromatic N) is 1. The van der Waals surface area contributed by atoms with Gasteiger partial charge in [0.2, 0.25) is 0 Å². The molecule has 3 nitrogen and oxygen atoms in total. The average molecular weight is 213 g/mol. The molecule has 0 spiro atoms. The Morgan fingerprint density at radius 1 is 1.25 bits per heavy atom. The number of methoxy groups -OCH3 is 1. The van der Waals surface area contributed by atoms with E-state index in [1.165, 1.54) is 7.11 Å². The Morgan fingerprint density at radius 3 is 2.56 bits per heavy atom. The number of rotatable bonds is 1. The van der Waals surface area contributed by atoms with Crippen molar-refractivity contribution in [1.82, 2.24) is 0 Å². The lowest BCUT2D eigenvalue weighted by molar-refractivity contribution is -0.133. The number of carbonyl (C=O) groups is 1. The number of esters is 1. The lowest BCUT2D eigenvalue weighted by Crippen LogP contribution is -2.07. The van der Waals surface area contributed by atoms with Crippen LogP contribution in [0.4, 0.5) is 5.69 Å². The number of benzene rings is 1. The summed E-state index contributed by atoms with van der Waals surface area (Å²) in [7, 11) is 3.10. The Kier molecular flexibility index (Phi) is 4.50. The summed E-state index contributed by atoms with van der Waals surface area (Å²) in [6.45, 7) is 0. The summed E-state index contributed by atoms with van der Waals surface area (Å²) in [6.07, 6.45) is 0. The molecule has 0 fully saturated rings. The van der Waals surface area contributed by atoms with Crippen molar-refractivity contribution in [1.29, 1.82) is 0 Å². The normalized spacial score (nSPS) is 7.88. The molecule has 0 amide bonds. The van der Waals surface area contributed by atoms with Gasteiger partial charge in [-0.1, -0.05) is 18.2 Å². The van der Waals surface area contributed by atoms with E-state index in [2.05, 4.69) is 28.5 Å². The summed E-state index contributed by atoms with van der Waals surface area (Å²) in [6, 6.07) is 12.4. The molecule has 0 saturated carbocycles. The minimum Gasteiger partial charge on any atom is -0.459 e. The van der Waals surface area contributed by atoms with Gasteiger partial charge in [0.15, 0.2) is 0 Å². The summed E-state index contributed by atoms with van der Waals surface area (Å²) in [5, 5.41) is 0. The van der Waals surface area contributed by atoms with Gasteiger partial charge in [0.1, 0.15) is 0 Å². The molecule has 0 heterocycles. The summed E-state index contributed by atoms with van der Waals surface area (Å²) in [5.74, 6) is 6.61. The largest absolute Gasteiger partial charge is 0.459 e. The van der Waals surface area contributed by atoms with Crippen LogP contribution in [0.2, 0.25) is 0 Å². The van der Waals surface area contributed by atoms with Gasteiger partial charge in [0, 0.05) is 30.6 Å². The van der Waals surface area contributed by atoms with Crippen molar-refractivity contribution in [2.24, 2.45) is 0 Å². The van der Waals surface area contributed by atoms with Crippen molar-refractivity contribution in [2.75, 3.05) is 19.1 Å². The molecule has 3 heteroatoms. The Morgan fingerprint density at radius 2 is 1.94 bits per heavy atom. The molecule has 0 N–H and O–H groups in total. The maximum absolute atomic E-state index is 10.6. The van der Waals surface area contributed by atoms with Gasteiger partial charge in [-0.15, -0.1) is 0 Å². The molecule has 1 aromatic carbocycles. The maximum atomic E-state index is 10.6. The highest BCUT2D eigenvalue weighted by Gasteiger charge is 1.92. The van der Waals surface area contributed by atoms with E-state index in [1.54, 1.807) is 4.90 Å². The van der Waals surface area contributed by atoms with Gasteiger partial charge >= 0.3 is 5.97 Å². The molecular formula is C13H11NO2. The van der Waals surface area contributed by atoms with Crippen LogP contribution in [0.25, 0.3) is 0 Å². The third-order valence-corrected chi connectivity index (χ3v) is 1.78. The first-order chi connectivity index (χ1) is 7.74. The Hall–Kier alpha value is -2.39. The van der Waals surface area contributed by atoms with Crippen molar-refractivity contribution in [3.8, 4) is 23.8 Å². The Balaban J connectivity index is 2.64. The third-order valence-electron chi connectivity index (χ3n) is 1.78. The van der Waals surface area contributed by atoms with Crippen LogP contribution >= 0.6 is 0 Å². The molecule has 0 radical (unpaired) electrons. The monoisotopic (exact) mass is 213 g/mol. The molecule has 0 aliphatic carbocycles. The lowest BCUT2D eigenvalue weighted by atomic mass is 10.3. The zero-order valence-electron chi connectivity index (χ0n) is 9.15. The van der Waals surface area contributed by atoms with E-state index in [9.17, 15) is 4.79 Å². The van der Waals surface area contributed by atoms with Gasteiger partial charge in [0.05, 0.1) is 7.11 Å². The number of anilines is 1. The first-order valence-corrected chi connectivity index (χ1v) is 4.62. The maximum Gasteiger partial charge on any atom is 0.385 e. The van der Waals surface area contributed by atoms with Crippen LogP contribution in [0.1, 0.15) is 0 Å². The predicted molar refractivity (Wildman–Crippen MR) is 62.4 cm³/mol. The van der Waals surface area contributed by atoms with Crippen LogP contribution in [0.5, 0.6) is 0 Å². The Bertz CT molecular complexity index is 471. The molecule has 80 valence electrons. The van der Waals surface area contributed by atoms with Crippen molar-refractivity contribution < 1.29 is 9.53 Å². The van der Waals surface area contributed by atoms with Crippen molar-refractivity contribution in [3.63, 3.8) is 0 Å². The zero-order chi connectivity index (χ0) is 11.8. The fourth-order valence-corrected chi connectivity index (χ4v) is 0.961. The molecule has 0 aliphatic heterocycles. The number of ether oxygens (including phenoxy) is 1.